The van der Waals surface area contributed by atoms with Crippen LogP contribution in [0, 0.1) is 12.7 Å². The molecule has 0 radical (unpaired) electrons. The minimum Gasteiger partial charge on any atom is -0.378 e. The molecule has 0 unspecified atom stereocenters. The molecular weight excluding hydrogens is 299 g/mol. The maximum Gasteiger partial charge on any atom is 0.255 e. The average molecular weight is 318 g/mol. The van der Waals surface area contributed by atoms with Gasteiger partial charge in [0, 0.05) is 20.2 Å². The second-order valence-corrected chi connectivity index (χ2v) is 5.54. The number of amides is 1. The van der Waals surface area contributed by atoms with Crippen molar-refractivity contribution < 1.29 is 13.9 Å². The summed E-state index contributed by atoms with van der Waals surface area (Å²) in [5.74, 6) is -0.498. The minimum atomic E-state index is -0.309. The lowest BCUT2D eigenvalue weighted by atomic mass is 10.2. The van der Waals surface area contributed by atoms with E-state index in [2.05, 4.69) is 15.7 Å². The summed E-state index contributed by atoms with van der Waals surface area (Å²) in [5.41, 5.74) is 1.91. The van der Waals surface area contributed by atoms with Gasteiger partial charge in [0.1, 0.15) is 5.82 Å². The van der Waals surface area contributed by atoms with Gasteiger partial charge in [0.05, 0.1) is 35.3 Å². The fraction of sp³-hybridized carbons (Fsp3) is 0.375. The highest BCUT2D eigenvalue weighted by molar-refractivity contribution is 5.95. The third-order valence-electron chi connectivity index (χ3n) is 4.10. The standard InChI is InChI=1S/C16H19FN4O2/c1-10-13(16(22)20-14-8-18-9-15(14)23-2)7-19-21(10)12-5-3-11(17)4-6-12/h3-7,14-15,18H,8-9H2,1-2H3,(H,20,22)/t14-,15+/m1/s1. The van der Waals surface area contributed by atoms with Crippen LogP contribution in [0.2, 0.25) is 0 Å². The molecule has 1 aromatic carbocycles. The third-order valence-corrected chi connectivity index (χ3v) is 4.10. The molecule has 1 aliphatic heterocycles. The number of aromatic nitrogens is 2. The van der Waals surface area contributed by atoms with Crippen LogP contribution in [-0.2, 0) is 4.74 Å². The van der Waals surface area contributed by atoms with Gasteiger partial charge in [-0.1, -0.05) is 0 Å². The molecule has 0 aliphatic carbocycles. The van der Waals surface area contributed by atoms with E-state index in [4.69, 9.17) is 4.74 Å². The van der Waals surface area contributed by atoms with Crippen LogP contribution in [0.1, 0.15) is 16.1 Å². The van der Waals surface area contributed by atoms with Crippen LogP contribution < -0.4 is 10.6 Å². The van der Waals surface area contributed by atoms with Crippen LogP contribution in [0.3, 0.4) is 0 Å². The van der Waals surface area contributed by atoms with E-state index in [9.17, 15) is 9.18 Å². The van der Waals surface area contributed by atoms with Gasteiger partial charge in [-0.15, -0.1) is 0 Å². The van der Waals surface area contributed by atoms with E-state index in [1.54, 1.807) is 23.9 Å². The minimum absolute atomic E-state index is 0.0357. The first-order valence-electron chi connectivity index (χ1n) is 7.45. The Labute approximate surface area is 133 Å². The largest absolute Gasteiger partial charge is 0.378 e. The zero-order valence-electron chi connectivity index (χ0n) is 13.0. The number of hydrogen-bond acceptors (Lipinski definition) is 4. The van der Waals surface area contributed by atoms with Crippen molar-refractivity contribution in [3.63, 3.8) is 0 Å². The Morgan fingerprint density at radius 3 is 2.83 bits per heavy atom. The lowest BCUT2D eigenvalue weighted by Crippen LogP contribution is -2.43. The Hall–Kier alpha value is -2.25. The van der Waals surface area contributed by atoms with Crippen molar-refractivity contribution in [2.75, 3.05) is 20.2 Å². The lowest BCUT2D eigenvalue weighted by molar-refractivity contribution is 0.0779. The van der Waals surface area contributed by atoms with Gasteiger partial charge < -0.3 is 15.4 Å². The van der Waals surface area contributed by atoms with Crippen LogP contribution in [0.25, 0.3) is 5.69 Å². The van der Waals surface area contributed by atoms with Crippen LogP contribution in [-0.4, -0.2) is 48.0 Å². The first-order chi connectivity index (χ1) is 11.1. The highest BCUT2D eigenvalue weighted by Crippen LogP contribution is 2.15. The number of methoxy groups -OCH3 is 1. The molecule has 2 N–H and O–H groups in total. The number of hydrogen-bond donors (Lipinski definition) is 2. The predicted molar refractivity (Wildman–Crippen MR) is 83.2 cm³/mol. The highest BCUT2D eigenvalue weighted by atomic mass is 19.1. The highest BCUT2D eigenvalue weighted by Gasteiger charge is 2.29. The molecule has 0 bridgehead atoms. The summed E-state index contributed by atoms with van der Waals surface area (Å²) >= 11 is 0. The van der Waals surface area contributed by atoms with Gasteiger partial charge in [-0.05, 0) is 31.2 Å². The number of nitrogens with one attached hydrogen (secondary N) is 2. The molecule has 1 fully saturated rings. The van der Waals surface area contributed by atoms with E-state index in [1.165, 1.54) is 18.3 Å². The monoisotopic (exact) mass is 318 g/mol. The van der Waals surface area contributed by atoms with Crippen molar-refractivity contribution in [1.82, 2.24) is 20.4 Å². The summed E-state index contributed by atoms with van der Waals surface area (Å²) < 4.78 is 20.0. The number of halogens is 1. The quantitative estimate of drug-likeness (QED) is 0.884. The molecule has 0 spiro atoms. The van der Waals surface area contributed by atoms with Crippen molar-refractivity contribution >= 4 is 5.91 Å². The van der Waals surface area contributed by atoms with Gasteiger partial charge in [0.15, 0.2) is 0 Å². The van der Waals surface area contributed by atoms with Crippen LogP contribution in [0.4, 0.5) is 4.39 Å². The second-order valence-electron chi connectivity index (χ2n) is 5.54. The van der Waals surface area contributed by atoms with E-state index in [0.717, 1.165) is 6.54 Å². The van der Waals surface area contributed by atoms with Gasteiger partial charge in [-0.2, -0.15) is 5.10 Å². The fourth-order valence-corrected chi connectivity index (χ4v) is 2.77. The molecule has 0 saturated carbocycles. The second kappa shape index (κ2) is 6.47. The Morgan fingerprint density at radius 2 is 2.13 bits per heavy atom. The van der Waals surface area contributed by atoms with E-state index < -0.39 is 0 Å². The van der Waals surface area contributed by atoms with Crippen molar-refractivity contribution in [3.8, 4) is 5.69 Å². The van der Waals surface area contributed by atoms with E-state index in [1.807, 2.05) is 6.92 Å². The summed E-state index contributed by atoms with van der Waals surface area (Å²) in [6, 6.07) is 5.91. The van der Waals surface area contributed by atoms with E-state index >= 15 is 0 Å². The summed E-state index contributed by atoms with van der Waals surface area (Å²) in [4.78, 5) is 12.5. The fourth-order valence-electron chi connectivity index (χ4n) is 2.77. The molecule has 3 rings (SSSR count). The van der Waals surface area contributed by atoms with Crippen molar-refractivity contribution in [1.29, 1.82) is 0 Å². The maximum absolute atomic E-state index is 13.0. The molecule has 23 heavy (non-hydrogen) atoms. The molecule has 1 aromatic heterocycles. The zero-order chi connectivity index (χ0) is 16.4. The predicted octanol–water partition coefficient (Wildman–Crippen LogP) is 1.04. The Bertz CT molecular complexity index is 699. The van der Waals surface area contributed by atoms with Gasteiger partial charge in [-0.3, -0.25) is 4.79 Å². The van der Waals surface area contributed by atoms with Gasteiger partial charge in [0.25, 0.3) is 5.91 Å². The Morgan fingerprint density at radius 1 is 1.39 bits per heavy atom. The zero-order valence-corrected chi connectivity index (χ0v) is 13.0. The van der Waals surface area contributed by atoms with Crippen LogP contribution in [0.5, 0.6) is 0 Å². The molecule has 7 heteroatoms. The molecule has 2 heterocycles. The number of rotatable bonds is 4. The van der Waals surface area contributed by atoms with Gasteiger partial charge in [-0.25, -0.2) is 9.07 Å². The number of ether oxygens (including phenoxy) is 1. The molecule has 2 atom stereocenters. The van der Waals surface area contributed by atoms with Gasteiger partial charge in [0.2, 0.25) is 0 Å². The number of carbonyl (C=O) groups excluding carboxylic acids is 1. The van der Waals surface area contributed by atoms with Crippen molar-refractivity contribution in [2.24, 2.45) is 0 Å². The lowest BCUT2D eigenvalue weighted by Gasteiger charge is -2.18. The summed E-state index contributed by atoms with van der Waals surface area (Å²) in [7, 11) is 1.63. The van der Waals surface area contributed by atoms with Crippen molar-refractivity contribution in [2.45, 2.75) is 19.1 Å². The number of benzene rings is 1. The molecule has 2 aromatic rings. The molecule has 1 saturated heterocycles. The molecule has 6 nitrogen and oxygen atoms in total. The van der Waals surface area contributed by atoms with Gasteiger partial charge >= 0.3 is 0 Å². The molecular formula is C16H19FN4O2. The first kappa shape index (κ1) is 15.6. The maximum atomic E-state index is 13.0. The third kappa shape index (κ3) is 3.11. The smallest absolute Gasteiger partial charge is 0.255 e. The summed E-state index contributed by atoms with van der Waals surface area (Å²) in [5, 5.41) is 10.4. The average Bonchev–Trinajstić information content (AvgIpc) is 3.14. The van der Waals surface area contributed by atoms with Crippen molar-refractivity contribution in [3.05, 3.63) is 47.5 Å². The first-order valence-corrected chi connectivity index (χ1v) is 7.45. The molecule has 1 aliphatic rings. The topological polar surface area (TPSA) is 68.2 Å². The summed E-state index contributed by atoms with van der Waals surface area (Å²) in [6.45, 7) is 3.20. The van der Waals surface area contributed by atoms with Crippen LogP contribution in [0.15, 0.2) is 30.5 Å². The molecule has 122 valence electrons. The number of nitrogens with zero attached hydrogens (tertiary/aromatic N) is 2. The van der Waals surface area contributed by atoms with E-state index in [-0.39, 0.29) is 23.9 Å². The van der Waals surface area contributed by atoms with E-state index in [0.29, 0.717) is 23.5 Å². The van der Waals surface area contributed by atoms with Crippen LogP contribution >= 0.6 is 0 Å². The Balaban J connectivity index is 1.78. The summed E-state index contributed by atoms with van der Waals surface area (Å²) in [6.07, 6.45) is 1.49. The number of carbonyl (C=O) groups is 1. The Kier molecular flexibility index (Phi) is 4.40. The molecule has 1 amide bonds. The SMILES string of the molecule is CO[C@H]1CNC[C@H]1NC(=O)c1cnn(-c2ccc(F)cc2)c1C. The normalized spacial score (nSPS) is 20.7.